The quantitative estimate of drug-likeness (QED) is 0.653. The normalized spacial score (nSPS) is 18.3. The van der Waals surface area contributed by atoms with Crippen LogP contribution in [0.1, 0.15) is 27.0 Å². The third-order valence-electron chi connectivity index (χ3n) is 6.02. The largest absolute Gasteiger partial charge is 0.872 e. The molecule has 0 aliphatic carbocycles. The number of rotatable bonds is 6. The number of ether oxygens (including phenoxy) is 2. The molecule has 0 atom stereocenters. The Labute approximate surface area is 182 Å². The van der Waals surface area contributed by atoms with Crippen molar-refractivity contribution in [3.05, 3.63) is 58.3 Å². The average Bonchev–Trinajstić information content (AvgIpc) is 3.09. The van der Waals surface area contributed by atoms with Crippen molar-refractivity contribution in [2.45, 2.75) is 13.5 Å². The lowest BCUT2D eigenvalue weighted by Gasteiger charge is -2.32. The van der Waals surface area contributed by atoms with E-state index >= 15 is 0 Å². The number of benzene rings is 2. The van der Waals surface area contributed by atoms with Crippen LogP contribution in [0.3, 0.4) is 0 Å². The number of allylic oxidation sites excluding steroid dienone is 1. The zero-order valence-corrected chi connectivity index (χ0v) is 17.9. The van der Waals surface area contributed by atoms with Gasteiger partial charge >= 0.3 is 0 Å². The van der Waals surface area contributed by atoms with Gasteiger partial charge in [0.15, 0.2) is 5.76 Å². The first-order valence-electron chi connectivity index (χ1n) is 10.6. The molecule has 7 nitrogen and oxygen atoms in total. The van der Waals surface area contributed by atoms with Crippen LogP contribution >= 0.6 is 0 Å². The molecule has 164 valence electrons. The summed E-state index contributed by atoms with van der Waals surface area (Å²) in [6.45, 7) is 6.65. The fourth-order valence-electron chi connectivity index (χ4n) is 4.25. The maximum absolute atomic E-state index is 13.1. The van der Waals surface area contributed by atoms with Crippen molar-refractivity contribution in [1.82, 2.24) is 4.90 Å². The Balaban J connectivity index is 1.58. The first-order valence-corrected chi connectivity index (χ1v) is 10.6. The summed E-state index contributed by atoms with van der Waals surface area (Å²) in [6, 6.07) is 8.91. The maximum atomic E-state index is 13.1. The molecule has 0 unspecified atom stereocenters. The Morgan fingerprint density at radius 3 is 2.61 bits per heavy atom. The smallest absolute Gasteiger partial charge is 0.232 e. The van der Waals surface area contributed by atoms with Crippen molar-refractivity contribution in [3.63, 3.8) is 0 Å². The number of quaternary nitrogens is 1. The Morgan fingerprint density at radius 1 is 1.26 bits per heavy atom. The van der Waals surface area contributed by atoms with Crippen LogP contribution in [0.25, 0.3) is 6.08 Å². The lowest BCUT2D eigenvalue weighted by atomic mass is 9.99. The second-order valence-electron chi connectivity index (χ2n) is 8.08. The summed E-state index contributed by atoms with van der Waals surface area (Å²) in [4.78, 5) is 16.6. The Morgan fingerprint density at radius 2 is 1.97 bits per heavy atom. The topological polar surface area (TPSA) is 86.5 Å². The van der Waals surface area contributed by atoms with Crippen LogP contribution in [0.5, 0.6) is 17.2 Å². The van der Waals surface area contributed by atoms with Crippen molar-refractivity contribution in [1.29, 1.82) is 0 Å². The summed E-state index contributed by atoms with van der Waals surface area (Å²) in [6.07, 6.45) is 1.70. The number of piperazine rings is 1. The zero-order valence-electron chi connectivity index (χ0n) is 17.9. The summed E-state index contributed by atoms with van der Waals surface area (Å²) < 4.78 is 11.2. The van der Waals surface area contributed by atoms with E-state index in [2.05, 4.69) is 4.90 Å². The van der Waals surface area contributed by atoms with Crippen molar-refractivity contribution < 1.29 is 29.4 Å². The zero-order chi connectivity index (χ0) is 22.0. The number of carbonyl (C=O) groups is 1. The van der Waals surface area contributed by atoms with Gasteiger partial charge in [0.25, 0.3) is 0 Å². The van der Waals surface area contributed by atoms with Gasteiger partial charge in [-0.15, -0.1) is 0 Å². The van der Waals surface area contributed by atoms with E-state index in [1.54, 1.807) is 26.2 Å². The monoisotopic (exact) mass is 424 g/mol. The van der Waals surface area contributed by atoms with E-state index in [9.17, 15) is 9.90 Å². The van der Waals surface area contributed by atoms with Crippen molar-refractivity contribution in [2.24, 2.45) is 0 Å². The number of hydrogen-bond donors (Lipinski definition) is 2. The number of aryl methyl sites for hydroxylation is 1. The number of aliphatic hydroxyl groups is 1. The number of nitrogens with one attached hydrogen (secondary N) is 1. The molecule has 1 saturated heterocycles. The SMILES string of the molecule is COc1ccc(C=C2Oc3c(C[NH+]4CCN(CCO)CC4)c([O-])cc(C)c3C2=O)cc1. The predicted octanol–water partition coefficient (Wildman–Crippen LogP) is 0.386. The van der Waals surface area contributed by atoms with Gasteiger partial charge in [-0.3, -0.25) is 9.69 Å². The highest BCUT2D eigenvalue weighted by atomic mass is 16.5. The predicted molar refractivity (Wildman–Crippen MR) is 114 cm³/mol. The highest BCUT2D eigenvalue weighted by Crippen LogP contribution is 2.40. The summed E-state index contributed by atoms with van der Waals surface area (Å²) in [5, 5.41) is 21.9. The Kier molecular flexibility index (Phi) is 6.27. The molecule has 4 rings (SSSR count). The molecule has 2 heterocycles. The van der Waals surface area contributed by atoms with E-state index < -0.39 is 0 Å². The molecule has 1 fully saturated rings. The van der Waals surface area contributed by atoms with Gasteiger partial charge in [0.05, 0.1) is 32.4 Å². The van der Waals surface area contributed by atoms with Gasteiger partial charge in [0, 0.05) is 25.2 Å². The van der Waals surface area contributed by atoms with Gasteiger partial charge in [-0.1, -0.05) is 23.9 Å². The highest BCUT2D eigenvalue weighted by Gasteiger charge is 2.33. The van der Waals surface area contributed by atoms with Crippen molar-refractivity contribution >= 4 is 11.9 Å². The molecule has 0 amide bonds. The Bertz CT molecular complexity index is 992. The van der Waals surface area contributed by atoms with E-state index in [0.29, 0.717) is 35.5 Å². The first kappa shape index (κ1) is 21.4. The lowest BCUT2D eigenvalue weighted by molar-refractivity contribution is -0.918. The molecular weight excluding hydrogens is 396 g/mol. The minimum atomic E-state index is -0.188. The van der Waals surface area contributed by atoms with Crippen LogP contribution in [0, 0.1) is 6.92 Å². The van der Waals surface area contributed by atoms with Crippen LogP contribution in [0.2, 0.25) is 0 Å². The molecule has 0 aromatic heterocycles. The summed E-state index contributed by atoms with van der Waals surface area (Å²) >= 11 is 0. The first-order chi connectivity index (χ1) is 15.0. The van der Waals surface area contributed by atoms with Gasteiger partial charge < -0.3 is 24.6 Å². The number of β-amino-alcohol motifs (C(OH)–C–C–N with tert-alkyl or cyclic N) is 1. The van der Waals surface area contributed by atoms with Crippen molar-refractivity contribution in [2.75, 3.05) is 46.4 Å². The average molecular weight is 424 g/mol. The van der Waals surface area contributed by atoms with Gasteiger partial charge in [-0.2, -0.15) is 0 Å². The molecule has 0 saturated carbocycles. The minimum Gasteiger partial charge on any atom is -0.872 e. The van der Waals surface area contributed by atoms with Crippen LogP contribution in [-0.2, 0) is 6.54 Å². The molecule has 2 aromatic carbocycles. The molecule has 0 radical (unpaired) electrons. The number of carbonyl (C=O) groups excluding carboxylic acids is 1. The number of aliphatic hydroxyl groups excluding tert-OH is 1. The van der Waals surface area contributed by atoms with Crippen LogP contribution < -0.4 is 19.5 Å². The molecule has 0 spiro atoms. The fraction of sp³-hybridized carbons (Fsp3) is 0.375. The van der Waals surface area contributed by atoms with E-state index in [4.69, 9.17) is 14.6 Å². The summed E-state index contributed by atoms with van der Waals surface area (Å²) in [5.74, 6) is 1.12. The van der Waals surface area contributed by atoms with E-state index in [1.807, 2.05) is 24.3 Å². The fourth-order valence-corrected chi connectivity index (χ4v) is 4.25. The van der Waals surface area contributed by atoms with Gasteiger partial charge in [-0.05, 0) is 36.3 Å². The van der Waals surface area contributed by atoms with E-state index in [0.717, 1.165) is 37.5 Å². The number of hydrogen-bond acceptors (Lipinski definition) is 6. The number of Topliss-reactive ketones (excluding diaryl/α,β-unsaturated/α-hetero) is 1. The van der Waals surface area contributed by atoms with Crippen LogP contribution in [0.15, 0.2) is 36.1 Å². The molecular formula is C24H28N2O5. The maximum Gasteiger partial charge on any atom is 0.232 e. The third kappa shape index (κ3) is 4.44. The van der Waals surface area contributed by atoms with Crippen molar-refractivity contribution in [3.8, 4) is 17.2 Å². The molecule has 7 heteroatoms. The lowest BCUT2D eigenvalue weighted by Crippen LogP contribution is -3.13. The second-order valence-corrected chi connectivity index (χ2v) is 8.08. The standard InChI is InChI=1S/C24H28N2O5/c1-16-13-20(28)19(15-26-9-7-25(8-10-26)11-12-27)24-22(16)23(29)21(31-24)14-17-3-5-18(30-2)6-4-17/h3-6,13-14,27-28H,7-12,15H2,1-2H3. The number of nitrogens with zero attached hydrogens (tertiary/aromatic N) is 1. The van der Waals surface area contributed by atoms with Crippen LogP contribution in [0.4, 0.5) is 0 Å². The number of ketones is 1. The van der Waals surface area contributed by atoms with Gasteiger partial charge in [-0.25, -0.2) is 0 Å². The molecule has 0 bridgehead atoms. The molecule has 2 aliphatic rings. The molecule has 2 N–H and O–H groups in total. The van der Waals surface area contributed by atoms with Gasteiger partial charge in [0.2, 0.25) is 5.78 Å². The molecule has 2 aliphatic heterocycles. The number of methoxy groups -OCH3 is 1. The van der Waals surface area contributed by atoms with E-state index in [1.165, 1.54) is 4.90 Å². The summed E-state index contributed by atoms with van der Waals surface area (Å²) in [5.41, 5.74) is 2.53. The number of fused-ring (bicyclic) bond motifs is 1. The third-order valence-corrected chi connectivity index (χ3v) is 6.02. The molecule has 2 aromatic rings. The van der Waals surface area contributed by atoms with E-state index in [-0.39, 0.29) is 23.9 Å². The summed E-state index contributed by atoms with van der Waals surface area (Å²) in [7, 11) is 1.60. The molecule has 31 heavy (non-hydrogen) atoms. The highest BCUT2D eigenvalue weighted by molar-refractivity contribution is 6.15. The van der Waals surface area contributed by atoms with Crippen LogP contribution in [-0.4, -0.2) is 62.2 Å². The Hall–Kier alpha value is -2.87. The minimum absolute atomic E-state index is 0.0833. The second kappa shape index (κ2) is 9.09. The van der Waals surface area contributed by atoms with Gasteiger partial charge in [0.1, 0.15) is 18.0 Å².